The number of anilines is 2. The van der Waals surface area contributed by atoms with Gasteiger partial charge in [0.1, 0.15) is 5.69 Å². The van der Waals surface area contributed by atoms with Crippen LogP contribution in [0, 0.1) is 5.82 Å². The fourth-order valence-electron chi connectivity index (χ4n) is 5.79. The van der Waals surface area contributed by atoms with Crippen LogP contribution in [0.4, 0.5) is 24.8 Å². The molecule has 242 valence electrons. The highest BCUT2D eigenvalue weighted by atomic mass is 35.5. The number of rotatable bonds is 9. The molecule has 6 rings (SSSR count). The van der Waals surface area contributed by atoms with E-state index >= 15 is 0 Å². The van der Waals surface area contributed by atoms with Crippen molar-refractivity contribution >= 4 is 29.1 Å². The number of likely N-dealkylation sites (tertiary alicyclic amines) is 1. The van der Waals surface area contributed by atoms with Crippen LogP contribution in [0.1, 0.15) is 54.4 Å². The van der Waals surface area contributed by atoms with E-state index in [-0.39, 0.29) is 34.5 Å². The quantitative estimate of drug-likeness (QED) is 0.243. The number of benzene rings is 1. The molecule has 16 heteroatoms. The van der Waals surface area contributed by atoms with Gasteiger partial charge in [0.15, 0.2) is 5.82 Å². The molecule has 2 aliphatic rings. The Kier molecular flexibility index (Phi) is 8.92. The van der Waals surface area contributed by atoms with Gasteiger partial charge in [-0.1, -0.05) is 17.7 Å². The zero-order valence-corrected chi connectivity index (χ0v) is 25.6. The van der Waals surface area contributed by atoms with Crippen LogP contribution >= 0.6 is 11.6 Å². The number of aliphatic hydroxyl groups excluding tert-OH is 2. The second kappa shape index (κ2) is 12.9. The van der Waals surface area contributed by atoms with E-state index in [2.05, 4.69) is 47.1 Å². The Bertz CT molecular complexity index is 1720. The fraction of sp³-hybridized carbons (Fsp3) is 0.400. The summed E-state index contributed by atoms with van der Waals surface area (Å²) in [6.07, 6.45) is 5.18. The summed E-state index contributed by atoms with van der Waals surface area (Å²) >= 11 is 5.82. The van der Waals surface area contributed by atoms with Gasteiger partial charge in [0, 0.05) is 67.0 Å². The normalized spacial score (nSPS) is 21.3. The molecule has 1 aromatic carbocycles. The van der Waals surface area contributed by atoms with Crippen molar-refractivity contribution in [2.75, 3.05) is 29.9 Å². The molecule has 2 aliphatic heterocycles. The lowest BCUT2D eigenvalue weighted by molar-refractivity contribution is 0.0572. The van der Waals surface area contributed by atoms with Crippen LogP contribution < -0.4 is 10.2 Å². The predicted octanol–water partition coefficient (Wildman–Crippen LogP) is 3.73. The van der Waals surface area contributed by atoms with Gasteiger partial charge in [-0.05, 0) is 26.3 Å². The van der Waals surface area contributed by atoms with E-state index in [0.29, 0.717) is 24.7 Å². The number of amides is 1. The minimum absolute atomic E-state index is 0.113. The summed E-state index contributed by atoms with van der Waals surface area (Å²) in [5.41, 5.74) is -0.523. The standard InChI is InChI=1S/C30H31ClF3N9O3/c1-15(17-7-36-30(37-8-17)42-6-5-23(42)16(2)41-13-24(44)25(45)14-41)43-12-18(9-38-43)39-29(46)22-11-35-10-21(40-22)26-19(28(33)34)3-4-20(31)27(26)32/h3-4,7-12,15-16,23-25,28,44-45H,5-6,13-14H2,1-2H3,(H,39,46)/t15?,16-,23?,24-,25+/m1/s1. The number of hydrogen-bond donors (Lipinski definition) is 3. The van der Waals surface area contributed by atoms with Gasteiger partial charge in [0.05, 0.1) is 53.2 Å². The molecule has 46 heavy (non-hydrogen) atoms. The van der Waals surface area contributed by atoms with Crippen molar-refractivity contribution in [1.82, 2.24) is 34.6 Å². The third-order valence-corrected chi connectivity index (χ3v) is 8.92. The molecule has 4 aromatic rings. The molecule has 0 radical (unpaired) electrons. The van der Waals surface area contributed by atoms with Gasteiger partial charge < -0.3 is 20.4 Å². The van der Waals surface area contributed by atoms with Crippen LogP contribution in [0.25, 0.3) is 11.3 Å². The van der Waals surface area contributed by atoms with Crippen molar-refractivity contribution in [3.05, 3.63) is 77.0 Å². The van der Waals surface area contributed by atoms with E-state index in [1.807, 2.05) is 6.92 Å². The summed E-state index contributed by atoms with van der Waals surface area (Å²) in [5, 5.41) is 26.5. The molecule has 0 bridgehead atoms. The number of aromatic nitrogens is 6. The third kappa shape index (κ3) is 6.15. The number of carbonyl (C=O) groups is 1. The van der Waals surface area contributed by atoms with Gasteiger partial charge in [-0.15, -0.1) is 0 Å². The Morgan fingerprint density at radius 3 is 2.43 bits per heavy atom. The van der Waals surface area contributed by atoms with Gasteiger partial charge in [0.25, 0.3) is 12.3 Å². The molecule has 12 nitrogen and oxygen atoms in total. The lowest BCUT2D eigenvalue weighted by Gasteiger charge is -2.47. The number of β-amino-alcohol motifs (C(OH)–C–C–N with tert-alkyl or cyclic N) is 2. The zero-order chi connectivity index (χ0) is 32.7. The van der Waals surface area contributed by atoms with Crippen molar-refractivity contribution in [2.45, 2.75) is 57.0 Å². The van der Waals surface area contributed by atoms with Gasteiger partial charge in [-0.2, -0.15) is 5.10 Å². The fourth-order valence-corrected chi connectivity index (χ4v) is 5.95. The average molecular weight is 658 g/mol. The largest absolute Gasteiger partial charge is 0.389 e. The maximum atomic E-state index is 14.7. The average Bonchev–Trinajstić information content (AvgIpc) is 3.63. The summed E-state index contributed by atoms with van der Waals surface area (Å²) in [4.78, 5) is 34.3. The number of alkyl halides is 2. The first-order valence-electron chi connectivity index (χ1n) is 14.6. The molecule has 1 amide bonds. The highest BCUT2D eigenvalue weighted by Crippen LogP contribution is 2.35. The van der Waals surface area contributed by atoms with E-state index in [4.69, 9.17) is 11.6 Å². The topological polar surface area (TPSA) is 145 Å². The highest BCUT2D eigenvalue weighted by molar-refractivity contribution is 6.31. The number of nitrogens with one attached hydrogen (secondary N) is 1. The summed E-state index contributed by atoms with van der Waals surface area (Å²) in [7, 11) is 0. The summed E-state index contributed by atoms with van der Waals surface area (Å²) < 4.78 is 43.5. The molecule has 0 spiro atoms. The molecule has 5 atom stereocenters. The Labute approximate surface area is 266 Å². The second-order valence-electron chi connectivity index (χ2n) is 11.4. The minimum atomic E-state index is -3.00. The monoisotopic (exact) mass is 657 g/mol. The van der Waals surface area contributed by atoms with Crippen LogP contribution in [0.15, 0.2) is 49.3 Å². The highest BCUT2D eigenvalue weighted by Gasteiger charge is 2.41. The van der Waals surface area contributed by atoms with Crippen molar-refractivity contribution in [1.29, 1.82) is 0 Å². The number of hydrogen-bond acceptors (Lipinski definition) is 10. The first-order chi connectivity index (χ1) is 22.0. The lowest BCUT2D eigenvalue weighted by atomic mass is 9.95. The molecule has 2 saturated heterocycles. The Hall–Kier alpha value is -4.18. The van der Waals surface area contributed by atoms with E-state index in [1.54, 1.807) is 23.3 Å². The molecule has 3 aromatic heterocycles. The van der Waals surface area contributed by atoms with Gasteiger partial charge >= 0.3 is 0 Å². The van der Waals surface area contributed by atoms with E-state index in [1.165, 1.54) is 6.20 Å². The lowest BCUT2D eigenvalue weighted by Crippen LogP contribution is -2.59. The SMILES string of the molecule is CC(c1cnc(N2CCC2[C@@H](C)N2C[C@@H](O)[C@@H](O)C2)nc1)n1cc(NC(=O)c2cncc(-c3c(C(F)F)ccc(Cl)c3F)n2)cn1. The third-order valence-electron chi connectivity index (χ3n) is 8.63. The van der Waals surface area contributed by atoms with E-state index in [9.17, 15) is 28.2 Å². The Morgan fingerprint density at radius 2 is 1.78 bits per heavy atom. The first kappa shape index (κ1) is 31.8. The summed E-state index contributed by atoms with van der Waals surface area (Å²) in [6.45, 7) is 5.64. The molecule has 3 N–H and O–H groups in total. The van der Waals surface area contributed by atoms with Gasteiger partial charge in [-0.3, -0.25) is 19.4 Å². The Balaban J connectivity index is 1.11. The number of nitrogens with zero attached hydrogens (tertiary/aromatic N) is 8. The molecule has 2 fully saturated rings. The van der Waals surface area contributed by atoms with Gasteiger partial charge in [-0.25, -0.2) is 28.1 Å². The molecule has 2 unspecified atom stereocenters. The second-order valence-corrected chi connectivity index (χ2v) is 11.9. The van der Waals surface area contributed by atoms with Crippen LogP contribution in [0.2, 0.25) is 5.02 Å². The maximum absolute atomic E-state index is 14.7. The van der Waals surface area contributed by atoms with Crippen molar-refractivity contribution in [2.24, 2.45) is 0 Å². The summed E-state index contributed by atoms with van der Waals surface area (Å²) in [5.74, 6) is -1.19. The smallest absolute Gasteiger partial charge is 0.275 e. The maximum Gasteiger partial charge on any atom is 0.275 e. The minimum Gasteiger partial charge on any atom is -0.389 e. The van der Waals surface area contributed by atoms with Crippen LogP contribution in [-0.2, 0) is 0 Å². The van der Waals surface area contributed by atoms with Crippen molar-refractivity contribution < 1.29 is 28.2 Å². The predicted molar refractivity (Wildman–Crippen MR) is 162 cm³/mol. The molecular formula is C30H31ClF3N9O3. The molecular weight excluding hydrogens is 627 g/mol. The van der Waals surface area contributed by atoms with Crippen molar-refractivity contribution in [3.8, 4) is 11.3 Å². The van der Waals surface area contributed by atoms with E-state index in [0.717, 1.165) is 43.1 Å². The molecule has 0 aliphatic carbocycles. The zero-order valence-electron chi connectivity index (χ0n) is 24.8. The van der Waals surface area contributed by atoms with Crippen LogP contribution in [0.5, 0.6) is 0 Å². The summed E-state index contributed by atoms with van der Waals surface area (Å²) in [6, 6.07) is 2.02. The van der Waals surface area contributed by atoms with Crippen LogP contribution in [0.3, 0.4) is 0 Å². The molecule has 5 heterocycles. The number of halogens is 4. The molecule has 0 saturated carbocycles. The first-order valence-corrected chi connectivity index (χ1v) is 15.0. The van der Waals surface area contributed by atoms with Crippen molar-refractivity contribution in [3.63, 3.8) is 0 Å². The number of carbonyl (C=O) groups excluding carboxylic acids is 1. The number of aliphatic hydroxyl groups is 2. The van der Waals surface area contributed by atoms with E-state index < -0.39 is 41.5 Å². The van der Waals surface area contributed by atoms with Crippen LogP contribution in [-0.4, -0.2) is 94.7 Å². The Morgan fingerprint density at radius 1 is 1.07 bits per heavy atom. The van der Waals surface area contributed by atoms with Gasteiger partial charge in [0.2, 0.25) is 5.95 Å².